The van der Waals surface area contributed by atoms with Crippen molar-refractivity contribution < 1.29 is 0 Å². The monoisotopic (exact) mass is 267 g/mol. The Hall–Kier alpha value is -1.63. The number of hydrogen-bond donors (Lipinski definition) is 1. The number of nitrogens with zero attached hydrogens (tertiary/aromatic N) is 6. The Morgan fingerprint density at radius 3 is 2.11 bits per heavy atom. The van der Waals surface area contributed by atoms with Crippen LogP contribution in [0.2, 0.25) is 0 Å². The fourth-order valence-corrected chi connectivity index (χ4v) is 1.69. The van der Waals surface area contributed by atoms with Gasteiger partial charge in [0.25, 0.3) is 0 Å². The molecule has 1 rings (SSSR count). The van der Waals surface area contributed by atoms with Gasteiger partial charge in [0.1, 0.15) is 0 Å². The van der Waals surface area contributed by atoms with Crippen LogP contribution in [0.25, 0.3) is 0 Å². The average molecular weight is 267 g/mol. The van der Waals surface area contributed by atoms with E-state index in [-0.39, 0.29) is 5.95 Å². The summed E-state index contributed by atoms with van der Waals surface area (Å²) in [4.78, 5) is 18.9. The van der Waals surface area contributed by atoms with Gasteiger partial charge in [-0.25, -0.2) is 0 Å². The van der Waals surface area contributed by atoms with E-state index in [9.17, 15) is 0 Å². The molecule has 0 saturated carbocycles. The highest BCUT2D eigenvalue weighted by Crippen LogP contribution is 2.13. The Bertz CT molecular complexity index is 392. The van der Waals surface area contributed by atoms with Gasteiger partial charge in [0, 0.05) is 27.2 Å². The lowest BCUT2D eigenvalue weighted by molar-refractivity contribution is 0.400. The van der Waals surface area contributed by atoms with E-state index in [0.29, 0.717) is 11.9 Å². The topological polar surface area (TPSA) is 74.4 Å². The summed E-state index contributed by atoms with van der Waals surface area (Å²) < 4.78 is 0. The first-order valence-electron chi connectivity index (χ1n) is 6.52. The van der Waals surface area contributed by atoms with Crippen LogP contribution in [0.15, 0.2) is 0 Å². The van der Waals surface area contributed by atoms with Gasteiger partial charge in [-0.15, -0.1) is 0 Å². The molecule has 0 spiro atoms. The molecule has 0 aliphatic rings. The first-order chi connectivity index (χ1) is 8.93. The van der Waals surface area contributed by atoms with E-state index in [4.69, 9.17) is 5.73 Å². The van der Waals surface area contributed by atoms with Crippen molar-refractivity contribution in [2.24, 2.45) is 0 Å². The summed E-state index contributed by atoms with van der Waals surface area (Å²) in [5.41, 5.74) is 5.74. The molecule has 0 fully saturated rings. The molecule has 0 aromatic carbocycles. The molecular formula is C12H25N7. The number of aromatic nitrogens is 3. The molecule has 0 amide bonds. The van der Waals surface area contributed by atoms with E-state index in [0.717, 1.165) is 26.1 Å². The SMILES string of the molecule is CCN(CCCN(C)C)c1nc(N)nc(N(C)C)n1. The lowest BCUT2D eigenvalue weighted by Crippen LogP contribution is -2.29. The summed E-state index contributed by atoms with van der Waals surface area (Å²) in [6.07, 6.45) is 1.06. The van der Waals surface area contributed by atoms with Crippen molar-refractivity contribution in [3.05, 3.63) is 0 Å². The molecule has 0 bridgehead atoms. The molecule has 7 nitrogen and oxygen atoms in total. The molecule has 1 aromatic rings. The zero-order chi connectivity index (χ0) is 14.4. The summed E-state index contributed by atoms with van der Waals surface area (Å²) in [7, 11) is 7.92. The predicted octanol–water partition coefficient (Wildman–Crippen LogP) is 0.298. The molecular weight excluding hydrogens is 242 g/mol. The third kappa shape index (κ3) is 4.86. The van der Waals surface area contributed by atoms with Crippen molar-refractivity contribution >= 4 is 17.8 Å². The Morgan fingerprint density at radius 2 is 1.58 bits per heavy atom. The lowest BCUT2D eigenvalue weighted by atomic mass is 10.3. The number of hydrogen-bond acceptors (Lipinski definition) is 7. The molecule has 1 aromatic heterocycles. The van der Waals surface area contributed by atoms with Gasteiger partial charge >= 0.3 is 0 Å². The van der Waals surface area contributed by atoms with Crippen molar-refractivity contribution in [2.45, 2.75) is 13.3 Å². The van der Waals surface area contributed by atoms with Gasteiger partial charge in [-0.1, -0.05) is 0 Å². The fraction of sp³-hybridized carbons (Fsp3) is 0.750. The molecule has 0 atom stereocenters. The van der Waals surface area contributed by atoms with Gasteiger partial charge in [0.2, 0.25) is 17.8 Å². The normalized spacial score (nSPS) is 10.8. The van der Waals surface area contributed by atoms with E-state index in [1.165, 1.54) is 0 Å². The number of nitrogen functional groups attached to an aromatic ring is 1. The van der Waals surface area contributed by atoms with Gasteiger partial charge in [0.15, 0.2) is 0 Å². The van der Waals surface area contributed by atoms with E-state index in [1.54, 1.807) is 0 Å². The highest BCUT2D eigenvalue weighted by Gasteiger charge is 2.12. The molecule has 0 saturated heterocycles. The smallest absolute Gasteiger partial charge is 0.231 e. The quantitative estimate of drug-likeness (QED) is 0.761. The summed E-state index contributed by atoms with van der Waals surface area (Å²) in [5.74, 6) is 1.51. The summed E-state index contributed by atoms with van der Waals surface area (Å²) in [6, 6.07) is 0. The molecule has 2 N–H and O–H groups in total. The van der Waals surface area contributed by atoms with E-state index in [2.05, 4.69) is 45.8 Å². The predicted molar refractivity (Wildman–Crippen MR) is 79.6 cm³/mol. The minimum absolute atomic E-state index is 0.264. The Morgan fingerprint density at radius 1 is 0.947 bits per heavy atom. The zero-order valence-corrected chi connectivity index (χ0v) is 12.6. The molecule has 0 radical (unpaired) electrons. The molecule has 1 heterocycles. The number of nitrogens with two attached hydrogens (primary N) is 1. The van der Waals surface area contributed by atoms with Gasteiger partial charge < -0.3 is 20.4 Å². The molecule has 0 aliphatic heterocycles. The van der Waals surface area contributed by atoms with Crippen molar-refractivity contribution in [2.75, 3.05) is 63.4 Å². The van der Waals surface area contributed by atoms with Crippen LogP contribution in [-0.2, 0) is 0 Å². The van der Waals surface area contributed by atoms with Crippen LogP contribution < -0.4 is 15.5 Å². The second kappa shape index (κ2) is 7.08. The maximum absolute atomic E-state index is 5.74. The highest BCUT2D eigenvalue weighted by atomic mass is 15.3. The maximum atomic E-state index is 5.74. The Balaban J connectivity index is 2.79. The molecule has 19 heavy (non-hydrogen) atoms. The highest BCUT2D eigenvalue weighted by molar-refractivity contribution is 5.42. The van der Waals surface area contributed by atoms with Crippen LogP contribution in [0, 0.1) is 0 Å². The molecule has 0 unspecified atom stereocenters. The Kier molecular flexibility index (Phi) is 5.75. The molecule has 0 aliphatic carbocycles. The van der Waals surface area contributed by atoms with Gasteiger partial charge in [-0.2, -0.15) is 15.0 Å². The molecule has 7 heteroatoms. The van der Waals surface area contributed by atoms with Gasteiger partial charge in [0.05, 0.1) is 0 Å². The van der Waals surface area contributed by atoms with Crippen LogP contribution in [0.3, 0.4) is 0 Å². The van der Waals surface area contributed by atoms with Gasteiger partial charge in [-0.05, 0) is 34.0 Å². The summed E-state index contributed by atoms with van der Waals surface area (Å²) in [6.45, 7) is 4.89. The second-order valence-corrected chi connectivity index (χ2v) is 4.92. The van der Waals surface area contributed by atoms with Crippen molar-refractivity contribution in [3.8, 4) is 0 Å². The van der Waals surface area contributed by atoms with Crippen LogP contribution in [0.4, 0.5) is 17.8 Å². The fourth-order valence-electron chi connectivity index (χ4n) is 1.69. The largest absolute Gasteiger partial charge is 0.368 e. The minimum atomic E-state index is 0.264. The standard InChI is InChI=1S/C12H25N7/c1-6-19(9-7-8-17(2)3)12-15-10(13)14-11(16-12)18(4)5/h6-9H2,1-5H3,(H2,13,14,15,16). The van der Waals surface area contributed by atoms with E-state index in [1.807, 2.05) is 19.0 Å². The Labute approximate surface area is 115 Å². The van der Waals surface area contributed by atoms with Crippen LogP contribution in [-0.4, -0.2) is 67.7 Å². The molecule has 108 valence electrons. The van der Waals surface area contributed by atoms with E-state index >= 15 is 0 Å². The summed E-state index contributed by atoms with van der Waals surface area (Å²) >= 11 is 0. The average Bonchev–Trinajstić information content (AvgIpc) is 2.33. The van der Waals surface area contributed by atoms with Crippen molar-refractivity contribution in [1.29, 1.82) is 0 Å². The third-order valence-corrected chi connectivity index (χ3v) is 2.73. The second-order valence-electron chi connectivity index (χ2n) is 4.92. The third-order valence-electron chi connectivity index (χ3n) is 2.73. The first-order valence-corrected chi connectivity index (χ1v) is 6.52. The minimum Gasteiger partial charge on any atom is -0.368 e. The van der Waals surface area contributed by atoms with Crippen LogP contribution in [0.1, 0.15) is 13.3 Å². The first kappa shape index (κ1) is 15.4. The van der Waals surface area contributed by atoms with Crippen molar-refractivity contribution in [1.82, 2.24) is 19.9 Å². The van der Waals surface area contributed by atoms with Crippen molar-refractivity contribution in [3.63, 3.8) is 0 Å². The lowest BCUT2D eigenvalue weighted by Gasteiger charge is -2.23. The van der Waals surface area contributed by atoms with Gasteiger partial charge in [-0.3, -0.25) is 0 Å². The van der Waals surface area contributed by atoms with Crippen LogP contribution in [0.5, 0.6) is 0 Å². The maximum Gasteiger partial charge on any atom is 0.231 e. The number of anilines is 3. The summed E-state index contributed by atoms with van der Waals surface area (Å²) in [5, 5.41) is 0. The number of rotatable bonds is 7. The van der Waals surface area contributed by atoms with E-state index < -0.39 is 0 Å². The zero-order valence-electron chi connectivity index (χ0n) is 12.6. The van der Waals surface area contributed by atoms with Crippen LogP contribution >= 0.6 is 0 Å².